The first-order chi connectivity index (χ1) is 12.4. The van der Waals surface area contributed by atoms with Crippen LogP contribution in [0.5, 0.6) is 0 Å². The van der Waals surface area contributed by atoms with Gasteiger partial charge >= 0.3 is 0 Å². The quantitative estimate of drug-likeness (QED) is 0.854. The number of hydrogen-bond acceptors (Lipinski definition) is 5. The third-order valence-corrected chi connectivity index (χ3v) is 6.22. The molecule has 0 aliphatic carbocycles. The van der Waals surface area contributed by atoms with Gasteiger partial charge in [-0.25, -0.2) is 18.4 Å². The largest absolute Gasteiger partial charge is 0.336 e. The fourth-order valence-corrected chi connectivity index (χ4v) is 4.45. The minimum Gasteiger partial charge on any atom is -0.336 e. The van der Waals surface area contributed by atoms with Crippen LogP contribution in [0.15, 0.2) is 35.7 Å². The Morgan fingerprint density at radius 2 is 2.19 bits per heavy atom. The van der Waals surface area contributed by atoms with E-state index in [1.807, 2.05) is 26.0 Å². The van der Waals surface area contributed by atoms with Crippen molar-refractivity contribution >= 4 is 21.7 Å². The summed E-state index contributed by atoms with van der Waals surface area (Å²) >= 11 is 0. The molecule has 0 spiro atoms. The van der Waals surface area contributed by atoms with Crippen molar-refractivity contribution in [1.82, 2.24) is 18.8 Å². The molecule has 3 rings (SSSR count). The highest BCUT2D eigenvalue weighted by Gasteiger charge is 2.34. The Balaban J connectivity index is 1.71. The Morgan fingerprint density at radius 3 is 2.88 bits per heavy atom. The van der Waals surface area contributed by atoms with Gasteiger partial charge in [0.2, 0.25) is 5.91 Å². The first kappa shape index (κ1) is 18.5. The van der Waals surface area contributed by atoms with Gasteiger partial charge in [0.05, 0.1) is 12.2 Å². The number of sulfonamides is 1. The van der Waals surface area contributed by atoms with E-state index in [0.29, 0.717) is 31.7 Å². The summed E-state index contributed by atoms with van der Waals surface area (Å²) in [7, 11) is -3.69. The SMILES string of the molecule is CCn1cnc(S(=O)(=O)N2CCC[C@@H](C(=O)Nc3cccc(C)n3)C2)c1. The van der Waals surface area contributed by atoms with Crippen molar-refractivity contribution < 1.29 is 13.2 Å². The van der Waals surface area contributed by atoms with E-state index in [2.05, 4.69) is 15.3 Å². The number of pyridine rings is 1. The van der Waals surface area contributed by atoms with Crippen molar-refractivity contribution in [2.45, 2.75) is 38.3 Å². The molecule has 1 fully saturated rings. The number of aromatic nitrogens is 3. The average molecular weight is 377 g/mol. The first-order valence-electron chi connectivity index (χ1n) is 8.66. The normalized spacial score (nSPS) is 18.6. The maximum atomic E-state index is 12.8. The summed E-state index contributed by atoms with van der Waals surface area (Å²) in [6.07, 6.45) is 4.31. The Labute approximate surface area is 153 Å². The third kappa shape index (κ3) is 3.94. The third-order valence-electron chi connectivity index (χ3n) is 4.47. The summed E-state index contributed by atoms with van der Waals surface area (Å²) < 4.78 is 28.7. The number of hydrogen-bond donors (Lipinski definition) is 1. The number of amides is 1. The number of piperidine rings is 1. The molecule has 8 nitrogen and oxygen atoms in total. The highest BCUT2D eigenvalue weighted by molar-refractivity contribution is 7.89. The molecule has 26 heavy (non-hydrogen) atoms. The monoisotopic (exact) mass is 377 g/mol. The molecule has 1 aliphatic heterocycles. The van der Waals surface area contributed by atoms with Crippen LogP contribution in [0, 0.1) is 12.8 Å². The molecule has 0 unspecified atom stereocenters. The zero-order valence-corrected chi connectivity index (χ0v) is 15.7. The summed E-state index contributed by atoms with van der Waals surface area (Å²) in [5.74, 6) is -0.132. The second kappa shape index (κ2) is 7.55. The summed E-state index contributed by atoms with van der Waals surface area (Å²) in [6.45, 7) is 4.96. The zero-order valence-electron chi connectivity index (χ0n) is 14.9. The van der Waals surface area contributed by atoms with E-state index in [1.54, 1.807) is 10.6 Å². The minimum atomic E-state index is -3.69. The van der Waals surface area contributed by atoms with Gasteiger partial charge < -0.3 is 9.88 Å². The van der Waals surface area contributed by atoms with Gasteiger partial charge in [-0.2, -0.15) is 4.31 Å². The van der Waals surface area contributed by atoms with Gasteiger partial charge in [-0.3, -0.25) is 4.79 Å². The molecule has 1 saturated heterocycles. The van der Waals surface area contributed by atoms with Crippen LogP contribution in [0.1, 0.15) is 25.5 Å². The van der Waals surface area contributed by atoms with E-state index in [4.69, 9.17) is 0 Å². The van der Waals surface area contributed by atoms with E-state index in [1.165, 1.54) is 16.8 Å². The molecular weight excluding hydrogens is 354 g/mol. The van der Waals surface area contributed by atoms with Crippen LogP contribution in [0.3, 0.4) is 0 Å². The molecule has 1 atom stereocenters. The van der Waals surface area contributed by atoms with Crippen LogP contribution in [0.2, 0.25) is 0 Å². The molecule has 3 heterocycles. The summed E-state index contributed by atoms with van der Waals surface area (Å²) in [5.41, 5.74) is 0.808. The number of carbonyl (C=O) groups is 1. The molecule has 1 aliphatic rings. The van der Waals surface area contributed by atoms with Gasteiger partial charge in [-0.05, 0) is 38.8 Å². The second-order valence-electron chi connectivity index (χ2n) is 6.40. The predicted octanol–water partition coefficient (Wildman–Crippen LogP) is 1.65. The molecule has 140 valence electrons. The van der Waals surface area contributed by atoms with Gasteiger partial charge in [0, 0.05) is 31.5 Å². The van der Waals surface area contributed by atoms with Crippen molar-refractivity contribution in [2.75, 3.05) is 18.4 Å². The van der Waals surface area contributed by atoms with E-state index in [0.717, 1.165) is 5.69 Å². The smallest absolute Gasteiger partial charge is 0.262 e. The van der Waals surface area contributed by atoms with Crippen molar-refractivity contribution in [3.05, 3.63) is 36.4 Å². The summed E-state index contributed by atoms with van der Waals surface area (Å²) in [5, 5.41) is 2.81. The Bertz CT molecular complexity index is 893. The van der Waals surface area contributed by atoms with Gasteiger partial charge in [0.25, 0.3) is 10.0 Å². The van der Waals surface area contributed by atoms with Gasteiger partial charge in [-0.1, -0.05) is 6.07 Å². The van der Waals surface area contributed by atoms with Crippen LogP contribution in [0.25, 0.3) is 0 Å². The Hall–Kier alpha value is -2.26. The molecule has 9 heteroatoms. The van der Waals surface area contributed by atoms with Crippen LogP contribution < -0.4 is 5.32 Å². The lowest BCUT2D eigenvalue weighted by Crippen LogP contribution is -2.43. The molecule has 0 radical (unpaired) electrons. The number of aryl methyl sites for hydroxylation is 2. The highest BCUT2D eigenvalue weighted by Crippen LogP contribution is 2.24. The molecule has 0 aromatic carbocycles. The van der Waals surface area contributed by atoms with Crippen LogP contribution in [0.4, 0.5) is 5.82 Å². The lowest BCUT2D eigenvalue weighted by molar-refractivity contribution is -0.120. The topological polar surface area (TPSA) is 97.2 Å². The number of imidazole rings is 1. The van der Waals surface area contributed by atoms with E-state index >= 15 is 0 Å². The van der Waals surface area contributed by atoms with Gasteiger partial charge in [-0.15, -0.1) is 0 Å². The lowest BCUT2D eigenvalue weighted by Gasteiger charge is -2.30. The summed E-state index contributed by atoms with van der Waals surface area (Å²) in [4.78, 5) is 20.8. The maximum absolute atomic E-state index is 12.8. The minimum absolute atomic E-state index is 0.0285. The molecule has 2 aromatic rings. The van der Waals surface area contributed by atoms with E-state index in [-0.39, 0.29) is 17.5 Å². The standard InChI is InChI=1S/C17H23N5O3S/c1-3-21-11-16(18-12-21)26(24,25)22-9-5-7-14(10-22)17(23)20-15-8-4-6-13(2)19-15/h4,6,8,11-12,14H,3,5,7,9-10H2,1-2H3,(H,19,20,23)/t14-/m1/s1. The Kier molecular flexibility index (Phi) is 5.38. The number of anilines is 1. The van der Waals surface area contributed by atoms with Crippen molar-refractivity contribution in [3.63, 3.8) is 0 Å². The molecule has 1 amide bonds. The average Bonchev–Trinajstić information content (AvgIpc) is 3.12. The zero-order chi connectivity index (χ0) is 18.7. The van der Waals surface area contributed by atoms with Gasteiger partial charge in [0.15, 0.2) is 5.03 Å². The number of nitrogens with zero attached hydrogens (tertiary/aromatic N) is 4. The van der Waals surface area contributed by atoms with E-state index < -0.39 is 15.9 Å². The number of carbonyl (C=O) groups excluding carboxylic acids is 1. The molecule has 2 aromatic heterocycles. The number of nitrogens with one attached hydrogen (secondary N) is 1. The number of rotatable bonds is 5. The molecule has 0 saturated carbocycles. The van der Waals surface area contributed by atoms with Crippen molar-refractivity contribution in [3.8, 4) is 0 Å². The van der Waals surface area contributed by atoms with Crippen LogP contribution in [-0.2, 0) is 21.4 Å². The van der Waals surface area contributed by atoms with Crippen molar-refractivity contribution in [2.24, 2.45) is 5.92 Å². The molecule has 0 bridgehead atoms. The van der Waals surface area contributed by atoms with Crippen LogP contribution in [-0.4, -0.2) is 46.3 Å². The summed E-state index contributed by atoms with van der Waals surface area (Å²) in [6, 6.07) is 5.39. The Morgan fingerprint density at radius 1 is 1.38 bits per heavy atom. The molecule has 1 N–H and O–H groups in total. The maximum Gasteiger partial charge on any atom is 0.262 e. The fraction of sp³-hybridized carbons (Fsp3) is 0.471. The predicted molar refractivity (Wildman–Crippen MR) is 97.0 cm³/mol. The highest BCUT2D eigenvalue weighted by atomic mass is 32.2. The van der Waals surface area contributed by atoms with Crippen LogP contribution >= 0.6 is 0 Å². The van der Waals surface area contributed by atoms with E-state index in [9.17, 15) is 13.2 Å². The lowest BCUT2D eigenvalue weighted by atomic mass is 9.99. The molecular formula is C17H23N5O3S. The van der Waals surface area contributed by atoms with Gasteiger partial charge in [0.1, 0.15) is 5.82 Å². The first-order valence-corrected chi connectivity index (χ1v) is 10.1. The van der Waals surface area contributed by atoms with Crippen molar-refractivity contribution in [1.29, 1.82) is 0 Å². The fourth-order valence-electron chi connectivity index (χ4n) is 2.99. The second-order valence-corrected chi connectivity index (χ2v) is 8.28.